The fraction of sp³-hybridized carbons (Fsp3) is 0.875. The topological polar surface area (TPSA) is 69.6 Å². The Kier molecular flexibility index (Phi) is 4.79. The number of rotatable bonds is 4. The smallest absolute Gasteiger partial charge is 0.317 e. The Morgan fingerprint density at radius 2 is 1.76 bits per heavy atom. The van der Waals surface area contributed by atoms with Crippen LogP contribution in [0.5, 0.6) is 0 Å². The number of hydrogen-bond acceptors (Lipinski definition) is 2. The van der Waals surface area contributed by atoms with Gasteiger partial charge in [0.05, 0.1) is 6.42 Å². The molecule has 5 heteroatoms. The third-order valence-corrected chi connectivity index (χ3v) is 4.90. The lowest BCUT2D eigenvalue weighted by Crippen LogP contribution is -2.50. The molecule has 0 aromatic carbocycles. The van der Waals surface area contributed by atoms with Gasteiger partial charge in [-0.05, 0) is 42.9 Å². The normalized spacial score (nSPS) is 22.0. The first kappa shape index (κ1) is 16.1. The number of amides is 2. The number of urea groups is 1. The minimum Gasteiger partial charge on any atom is -0.481 e. The highest BCUT2D eigenvalue weighted by molar-refractivity contribution is 5.76. The van der Waals surface area contributed by atoms with Crippen molar-refractivity contribution in [3.63, 3.8) is 0 Å². The summed E-state index contributed by atoms with van der Waals surface area (Å²) in [4.78, 5) is 25.0. The number of aliphatic carboxylic acids is 1. The Balaban J connectivity index is 1.82. The highest BCUT2D eigenvalue weighted by atomic mass is 16.4. The number of carbonyl (C=O) groups is 2. The Bertz CT molecular complexity index is 391. The number of piperidine rings is 1. The van der Waals surface area contributed by atoms with E-state index in [9.17, 15) is 9.59 Å². The van der Waals surface area contributed by atoms with Crippen LogP contribution in [-0.2, 0) is 4.79 Å². The van der Waals surface area contributed by atoms with Crippen LogP contribution in [0.15, 0.2) is 0 Å². The number of hydrogen-bond donors (Lipinski definition) is 2. The molecule has 1 atom stereocenters. The molecule has 2 amide bonds. The molecule has 1 aliphatic carbocycles. The zero-order chi connectivity index (χ0) is 15.6. The van der Waals surface area contributed by atoms with Crippen LogP contribution in [0, 0.1) is 17.3 Å². The van der Waals surface area contributed by atoms with E-state index in [2.05, 4.69) is 26.1 Å². The van der Waals surface area contributed by atoms with Crippen molar-refractivity contribution in [1.82, 2.24) is 10.2 Å². The fourth-order valence-corrected chi connectivity index (χ4v) is 3.22. The van der Waals surface area contributed by atoms with Crippen LogP contribution in [-0.4, -0.2) is 41.1 Å². The number of likely N-dealkylation sites (tertiary alicyclic amines) is 1. The number of carbonyl (C=O) groups excluding carboxylic acids is 1. The standard InChI is InChI=1S/C16H28N2O3/c1-16(2,3)12-6-8-18(9-7-12)15(21)17-13(10-14(19)20)11-4-5-11/h11-13H,4-10H2,1-3H3,(H,17,21)(H,19,20). The first-order valence-electron chi connectivity index (χ1n) is 8.04. The maximum absolute atomic E-state index is 12.3. The molecule has 21 heavy (non-hydrogen) atoms. The van der Waals surface area contributed by atoms with Crippen LogP contribution in [0.25, 0.3) is 0 Å². The number of carboxylic acid groups (broad SMARTS) is 1. The van der Waals surface area contributed by atoms with Crippen LogP contribution in [0.3, 0.4) is 0 Å². The van der Waals surface area contributed by atoms with Crippen molar-refractivity contribution in [3.05, 3.63) is 0 Å². The molecule has 120 valence electrons. The molecule has 0 spiro atoms. The lowest BCUT2D eigenvalue weighted by Gasteiger charge is -2.39. The van der Waals surface area contributed by atoms with Crippen LogP contribution in [0.1, 0.15) is 52.9 Å². The van der Waals surface area contributed by atoms with Crippen molar-refractivity contribution in [1.29, 1.82) is 0 Å². The molecule has 0 aromatic heterocycles. The predicted octanol–water partition coefficient (Wildman–Crippen LogP) is 2.71. The average Bonchev–Trinajstić information content (AvgIpc) is 3.20. The summed E-state index contributed by atoms with van der Waals surface area (Å²) in [6.07, 6.45) is 4.16. The molecular formula is C16H28N2O3. The van der Waals surface area contributed by atoms with Gasteiger partial charge in [-0.3, -0.25) is 4.79 Å². The van der Waals surface area contributed by atoms with Gasteiger partial charge in [-0.2, -0.15) is 0 Å². The van der Waals surface area contributed by atoms with Crippen molar-refractivity contribution < 1.29 is 14.7 Å². The van der Waals surface area contributed by atoms with E-state index in [1.54, 1.807) is 0 Å². The van der Waals surface area contributed by atoms with Gasteiger partial charge in [0.2, 0.25) is 0 Å². The molecule has 0 aromatic rings. The summed E-state index contributed by atoms with van der Waals surface area (Å²) in [5.41, 5.74) is 0.294. The van der Waals surface area contributed by atoms with E-state index < -0.39 is 5.97 Å². The Labute approximate surface area is 127 Å². The fourth-order valence-electron chi connectivity index (χ4n) is 3.22. The summed E-state index contributed by atoms with van der Waals surface area (Å²) < 4.78 is 0. The van der Waals surface area contributed by atoms with Crippen molar-refractivity contribution in [2.45, 2.75) is 58.9 Å². The monoisotopic (exact) mass is 296 g/mol. The molecule has 0 bridgehead atoms. The van der Waals surface area contributed by atoms with E-state index >= 15 is 0 Å². The maximum Gasteiger partial charge on any atom is 0.317 e. The van der Waals surface area contributed by atoms with Gasteiger partial charge in [-0.15, -0.1) is 0 Å². The van der Waals surface area contributed by atoms with Gasteiger partial charge in [-0.1, -0.05) is 20.8 Å². The summed E-state index contributed by atoms with van der Waals surface area (Å²) in [5, 5.41) is 11.9. The molecule has 1 saturated heterocycles. The van der Waals surface area contributed by atoms with Crippen LogP contribution >= 0.6 is 0 Å². The number of nitrogens with one attached hydrogen (secondary N) is 1. The van der Waals surface area contributed by atoms with Gasteiger partial charge in [0.15, 0.2) is 0 Å². The van der Waals surface area contributed by atoms with Crippen LogP contribution < -0.4 is 5.32 Å². The minimum atomic E-state index is -0.835. The first-order chi connectivity index (χ1) is 9.77. The van der Waals surface area contributed by atoms with Crippen LogP contribution in [0.2, 0.25) is 0 Å². The van der Waals surface area contributed by atoms with E-state index in [0.717, 1.165) is 38.8 Å². The molecule has 5 nitrogen and oxygen atoms in total. The van der Waals surface area contributed by atoms with Gasteiger partial charge in [0.1, 0.15) is 0 Å². The summed E-state index contributed by atoms with van der Waals surface area (Å²) in [7, 11) is 0. The van der Waals surface area contributed by atoms with Gasteiger partial charge in [-0.25, -0.2) is 4.79 Å². The van der Waals surface area contributed by atoms with Gasteiger partial charge in [0, 0.05) is 19.1 Å². The van der Waals surface area contributed by atoms with Crippen molar-refractivity contribution in [2.75, 3.05) is 13.1 Å². The molecule has 1 saturated carbocycles. The lowest BCUT2D eigenvalue weighted by atomic mass is 9.75. The van der Waals surface area contributed by atoms with E-state index in [0.29, 0.717) is 17.3 Å². The van der Waals surface area contributed by atoms with Crippen molar-refractivity contribution >= 4 is 12.0 Å². The largest absolute Gasteiger partial charge is 0.481 e. The van der Waals surface area contributed by atoms with E-state index in [4.69, 9.17) is 5.11 Å². The molecular weight excluding hydrogens is 268 g/mol. The highest BCUT2D eigenvalue weighted by Gasteiger charge is 2.36. The number of nitrogens with zero attached hydrogens (tertiary/aromatic N) is 1. The molecule has 2 fully saturated rings. The minimum absolute atomic E-state index is 0.0366. The Morgan fingerprint density at radius 3 is 2.19 bits per heavy atom. The summed E-state index contributed by atoms with van der Waals surface area (Å²) in [6.45, 7) is 8.31. The number of carboxylic acids is 1. The summed E-state index contributed by atoms with van der Waals surface area (Å²) in [5.74, 6) is 0.176. The molecule has 2 rings (SSSR count). The van der Waals surface area contributed by atoms with Gasteiger partial charge >= 0.3 is 12.0 Å². The second-order valence-electron chi connectivity index (χ2n) is 7.62. The first-order valence-corrected chi connectivity index (χ1v) is 8.04. The van der Waals surface area contributed by atoms with E-state index in [1.165, 1.54) is 0 Å². The van der Waals surface area contributed by atoms with E-state index in [-0.39, 0.29) is 18.5 Å². The lowest BCUT2D eigenvalue weighted by molar-refractivity contribution is -0.137. The predicted molar refractivity (Wildman–Crippen MR) is 81.0 cm³/mol. The third-order valence-electron chi connectivity index (χ3n) is 4.90. The van der Waals surface area contributed by atoms with Gasteiger partial charge < -0.3 is 15.3 Å². The average molecular weight is 296 g/mol. The molecule has 1 heterocycles. The van der Waals surface area contributed by atoms with E-state index in [1.807, 2.05) is 4.90 Å². The SMILES string of the molecule is CC(C)(C)C1CCN(C(=O)NC(CC(=O)O)C2CC2)CC1. The van der Waals surface area contributed by atoms with Crippen molar-refractivity contribution in [3.8, 4) is 0 Å². The second-order valence-corrected chi connectivity index (χ2v) is 7.62. The summed E-state index contributed by atoms with van der Waals surface area (Å²) >= 11 is 0. The third kappa shape index (κ3) is 4.61. The zero-order valence-electron chi connectivity index (χ0n) is 13.4. The van der Waals surface area contributed by atoms with Gasteiger partial charge in [0.25, 0.3) is 0 Å². The molecule has 0 radical (unpaired) electrons. The molecule has 2 N–H and O–H groups in total. The maximum atomic E-state index is 12.3. The highest BCUT2D eigenvalue weighted by Crippen LogP contribution is 2.35. The molecule has 1 unspecified atom stereocenters. The molecule has 2 aliphatic rings. The summed E-state index contributed by atoms with van der Waals surface area (Å²) in [6, 6.07) is -0.282. The zero-order valence-corrected chi connectivity index (χ0v) is 13.4. The van der Waals surface area contributed by atoms with Crippen LogP contribution in [0.4, 0.5) is 4.79 Å². The quantitative estimate of drug-likeness (QED) is 0.838. The molecule has 1 aliphatic heterocycles. The Morgan fingerprint density at radius 1 is 1.19 bits per heavy atom. The second kappa shape index (κ2) is 6.24. The van der Waals surface area contributed by atoms with Crippen molar-refractivity contribution in [2.24, 2.45) is 17.3 Å². The Hall–Kier alpha value is -1.26.